The standard InChI is InChI=1S/C27H26N4O2/c32-27(30-18-16-29(17-19-30)24-6-2-1-3-7-24)14-11-22-9-12-25(13-10-22)33-21-23-20-31-15-5-4-8-26(31)28-23/h1-15,20H,16-19,21H2/b14-11+. The van der Waals surface area contributed by atoms with Crippen molar-refractivity contribution in [2.75, 3.05) is 31.1 Å². The highest BCUT2D eigenvalue weighted by Crippen LogP contribution is 2.17. The number of benzene rings is 2. The molecule has 6 nitrogen and oxygen atoms in total. The van der Waals surface area contributed by atoms with Gasteiger partial charge in [0.25, 0.3) is 0 Å². The second-order valence-corrected chi connectivity index (χ2v) is 8.04. The van der Waals surface area contributed by atoms with Crippen molar-refractivity contribution in [2.45, 2.75) is 6.61 Å². The molecule has 4 aromatic rings. The molecule has 0 aliphatic carbocycles. The van der Waals surface area contributed by atoms with Crippen LogP contribution in [0.2, 0.25) is 0 Å². The van der Waals surface area contributed by atoms with Gasteiger partial charge < -0.3 is 18.9 Å². The Morgan fingerprint density at radius 1 is 0.909 bits per heavy atom. The fraction of sp³-hybridized carbons (Fsp3) is 0.185. The van der Waals surface area contributed by atoms with Crippen molar-refractivity contribution in [1.82, 2.24) is 14.3 Å². The third-order valence-corrected chi connectivity index (χ3v) is 5.81. The zero-order valence-corrected chi connectivity index (χ0v) is 18.4. The molecule has 3 heterocycles. The molecule has 1 aliphatic heterocycles. The van der Waals surface area contributed by atoms with Crippen LogP contribution >= 0.6 is 0 Å². The fourth-order valence-corrected chi connectivity index (χ4v) is 3.99. The summed E-state index contributed by atoms with van der Waals surface area (Å²) in [5, 5.41) is 0. The third kappa shape index (κ3) is 5.06. The van der Waals surface area contributed by atoms with Crippen molar-refractivity contribution in [1.29, 1.82) is 0 Å². The smallest absolute Gasteiger partial charge is 0.246 e. The molecule has 0 radical (unpaired) electrons. The van der Waals surface area contributed by atoms with E-state index in [0.29, 0.717) is 6.61 Å². The first-order valence-corrected chi connectivity index (χ1v) is 11.2. The van der Waals surface area contributed by atoms with E-state index in [0.717, 1.165) is 48.8 Å². The maximum Gasteiger partial charge on any atom is 0.246 e. The number of fused-ring (bicyclic) bond motifs is 1. The minimum Gasteiger partial charge on any atom is -0.487 e. The predicted molar refractivity (Wildman–Crippen MR) is 130 cm³/mol. The Labute approximate surface area is 193 Å². The number of rotatable bonds is 6. The summed E-state index contributed by atoms with van der Waals surface area (Å²) >= 11 is 0. The molecule has 6 heteroatoms. The molecule has 1 aliphatic rings. The van der Waals surface area contributed by atoms with Crippen LogP contribution in [0, 0.1) is 0 Å². The average Bonchev–Trinajstić information content (AvgIpc) is 3.30. The molecule has 0 spiro atoms. The van der Waals surface area contributed by atoms with Crippen molar-refractivity contribution in [2.24, 2.45) is 0 Å². The van der Waals surface area contributed by atoms with Crippen molar-refractivity contribution in [3.8, 4) is 5.75 Å². The molecule has 2 aromatic carbocycles. The number of para-hydroxylation sites is 1. The molecular weight excluding hydrogens is 412 g/mol. The van der Waals surface area contributed by atoms with Crippen LogP contribution < -0.4 is 9.64 Å². The Bertz CT molecular complexity index is 1210. The van der Waals surface area contributed by atoms with Gasteiger partial charge >= 0.3 is 0 Å². The molecule has 0 unspecified atom stereocenters. The van der Waals surface area contributed by atoms with Gasteiger partial charge in [0.15, 0.2) is 0 Å². The van der Waals surface area contributed by atoms with Gasteiger partial charge in [-0.3, -0.25) is 4.79 Å². The number of anilines is 1. The first-order valence-electron chi connectivity index (χ1n) is 11.2. The number of carbonyl (C=O) groups is 1. The topological polar surface area (TPSA) is 50.1 Å². The summed E-state index contributed by atoms with van der Waals surface area (Å²) < 4.78 is 7.84. The maximum atomic E-state index is 12.6. The van der Waals surface area contributed by atoms with Crippen molar-refractivity contribution in [3.05, 3.63) is 103 Å². The molecule has 2 aromatic heterocycles. The van der Waals surface area contributed by atoms with E-state index in [2.05, 4.69) is 22.0 Å². The molecule has 0 bridgehead atoms. The summed E-state index contributed by atoms with van der Waals surface area (Å²) in [5.74, 6) is 0.822. The highest BCUT2D eigenvalue weighted by molar-refractivity contribution is 5.92. The van der Waals surface area contributed by atoms with Crippen LogP contribution in [0.25, 0.3) is 11.7 Å². The lowest BCUT2D eigenvalue weighted by molar-refractivity contribution is -0.126. The molecule has 5 rings (SSSR count). The van der Waals surface area contributed by atoms with Crippen molar-refractivity contribution in [3.63, 3.8) is 0 Å². The van der Waals surface area contributed by atoms with Crippen LogP contribution in [0.1, 0.15) is 11.3 Å². The van der Waals surface area contributed by atoms with Gasteiger partial charge in [-0.15, -0.1) is 0 Å². The summed E-state index contributed by atoms with van der Waals surface area (Å²) in [6.45, 7) is 3.57. The summed E-state index contributed by atoms with van der Waals surface area (Å²) in [5.41, 5.74) is 3.96. The average molecular weight is 439 g/mol. The molecule has 0 saturated carbocycles. The number of amides is 1. The van der Waals surface area contributed by atoms with Crippen LogP contribution in [-0.4, -0.2) is 46.4 Å². The number of ether oxygens (including phenoxy) is 1. The highest BCUT2D eigenvalue weighted by Gasteiger charge is 2.19. The lowest BCUT2D eigenvalue weighted by Gasteiger charge is -2.35. The molecular formula is C27H26N4O2. The SMILES string of the molecule is O=C(/C=C/c1ccc(OCc2cn3ccccc3n2)cc1)N1CCN(c2ccccc2)CC1. The minimum atomic E-state index is 0.0508. The molecule has 0 N–H and O–H groups in total. The van der Waals surface area contributed by atoms with E-state index in [1.165, 1.54) is 5.69 Å². The molecule has 33 heavy (non-hydrogen) atoms. The van der Waals surface area contributed by atoms with Crippen LogP contribution in [0.5, 0.6) is 5.75 Å². The van der Waals surface area contributed by atoms with Gasteiger partial charge in [-0.1, -0.05) is 36.4 Å². The third-order valence-electron chi connectivity index (χ3n) is 5.81. The number of piperazine rings is 1. The monoisotopic (exact) mass is 438 g/mol. The van der Waals surface area contributed by atoms with Gasteiger partial charge in [-0.05, 0) is 48.0 Å². The summed E-state index contributed by atoms with van der Waals surface area (Å²) in [6.07, 6.45) is 7.46. The van der Waals surface area contributed by atoms with Gasteiger partial charge in [0, 0.05) is 50.3 Å². The van der Waals surface area contributed by atoms with Crippen LogP contribution in [0.15, 0.2) is 91.3 Å². The predicted octanol–water partition coefficient (Wildman–Crippen LogP) is 4.28. The van der Waals surface area contributed by atoms with Crippen molar-refractivity contribution >= 4 is 23.3 Å². The Morgan fingerprint density at radius 3 is 2.42 bits per heavy atom. The van der Waals surface area contributed by atoms with Crippen LogP contribution in [0.3, 0.4) is 0 Å². The van der Waals surface area contributed by atoms with E-state index >= 15 is 0 Å². The first kappa shape index (κ1) is 20.8. The maximum absolute atomic E-state index is 12.6. The Balaban J connectivity index is 1.11. The van der Waals surface area contributed by atoms with Crippen LogP contribution in [-0.2, 0) is 11.4 Å². The lowest BCUT2D eigenvalue weighted by atomic mass is 10.2. The quantitative estimate of drug-likeness (QED) is 0.422. The van der Waals surface area contributed by atoms with E-state index in [1.54, 1.807) is 6.08 Å². The fourth-order valence-electron chi connectivity index (χ4n) is 3.99. The van der Waals surface area contributed by atoms with E-state index in [4.69, 9.17) is 4.74 Å². The van der Waals surface area contributed by atoms with Gasteiger partial charge in [0.1, 0.15) is 18.0 Å². The number of hydrogen-bond donors (Lipinski definition) is 0. The van der Waals surface area contributed by atoms with E-state index in [9.17, 15) is 4.79 Å². The number of pyridine rings is 1. The zero-order valence-electron chi connectivity index (χ0n) is 18.4. The number of aromatic nitrogens is 2. The Morgan fingerprint density at radius 2 is 1.67 bits per heavy atom. The van der Waals surface area contributed by atoms with Crippen LogP contribution in [0.4, 0.5) is 5.69 Å². The second kappa shape index (κ2) is 9.61. The zero-order chi connectivity index (χ0) is 22.5. The van der Waals surface area contributed by atoms with Gasteiger partial charge in [0.2, 0.25) is 5.91 Å². The van der Waals surface area contributed by atoms with E-state index < -0.39 is 0 Å². The lowest BCUT2D eigenvalue weighted by Crippen LogP contribution is -2.48. The molecule has 166 valence electrons. The van der Waals surface area contributed by atoms with Gasteiger partial charge in [-0.25, -0.2) is 4.98 Å². The summed E-state index contributed by atoms with van der Waals surface area (Å²) in [4.78, 5) is 21.4. The number of carbonyl (C=O) groups excluding carboxylic acids is 1. The Kier molecular flexibility index (Phi) is 6.06. The van der Waals surface area contributed by atoms with E-state index in [-0.39, 0.29) is 5.91 Å². The van der Waals surface area contributed by atoms with Gasteiger partial charge in [-0.2, -0.15) is 0 Å². The largest absolute Gasteiger partial charge is 0.487 e. The number of nitrogens with zero attached hydrogens (tertiary/aromatic N) is 4. The summed E-state index contributed by atoms with van der Waals surface area (Å²) in [7, 11) is 0. The first-order chi connectivity index (χ1) is 16.2. The molecule has 1 saturated heterocycles. The number of imidazole rings is 1. The minimum absolute atomic E-state index is 0.0508. The second-order valence-electron chi connectivity index (χ2n) is 8.04. The number of hydrogen-bond acceptors (Lipinski definition) is 4. The van der Waals surface area contributed by atoms with Gasteiger partial charge in [0.05, 0.1) is 5.69 Å². The highest BCUT2D eigenvalue weighted by atomic mass is 16.5. The van der Waals surface area contributed by atoms with E-state index in [1.807, 2.05) is 88.4 Å². The summed E-state index contributed by atoms with van der Waals surface area (Å²) in [6, 6.07) is 24.0. The van der Waals surface area contributed by atoms with Crippen molar-refractivity contribution < 1.29 is 9.53 Å². The molecule has 1 fully saturated rings. The normalized spacial score (nSPS) is 14.2. The molecule has 1 amide bonds. The molecule has 0 atom stereocenters. The Hall–Kier alpha value is -4.06.